The van der Waals surface area contributed by atoms with E-state index in [-0.39, 0.29) is 5.38 Å². The van der Waals surface area contributed by atoms with Gasteiger partial charge in [-0.1, -0.05) is 6.07 Å². The summed E-state index contributed by atoms with van der Waals surface area (Å²) in [4.78, 5) is 6.56. The standard InChI is InChI=1S/C10H13ClN2/c11-9-4-3-7-13(8-9)10-5-1-2-6-12-10/h1-2,5-6,9H,3-4,7-8H2. The molecule has 0 radical (unpaired) electrons. The summed E-state index contributed by atoms with van der Waals surface area (Å²) in [6.45, 7) is 2.01. The molecule has 0 saturated carbocycles. The van der Waals surface area contributed by atoms with Crippen molar-refractivity contribution >= 4 is 17.4 Å². The lowest BCUT2D eigenvalue weighted by atomic mass is 10.1. The van der Waals surface area contributed by atoms with Crippen LogP contribution in [0.25, 0.3) is 0 Å². The van der Waals surface area contributed by atoms with Crippen LogP contribution >= 0.6 is 11.6 Å². The zero-order chi connectivity index (χ0) is 9.10. The lowest BCUT2D eigenvalue weighted by Gasteiger charge is -2.30. The first-order chi connectivity index (χ1) is 6.36. The van der Waals surface area contributed by atoms with Crippen LogP contribution in [-0.2, 0) is 0 Å². The molecule has 70 valence electrons. The monoisotopic (exact) mass is 196 g/mol. The number of pyridine rings is 1. The third-order valence-electron chi connectivity index (χ3n) is 2.34. The van der Waals surface area contributed by atoms with Crippen molar-refractivity contribution in [3.8, 4) is 0 Å². The van der Waals surface area contributed by atoms with E-state index in [1.807, 2.05) is 24.4 Å². The smallest absolute Gasteiger partial charge is 0.128 e. The Morgan fingerprint density at radius 1 is 1.46 bits per heavy atom. The molecule has 2 heterocycles. The molecule has 1 aliphatic rings. The van der Waals surface area contributed by atoms with E-state index in [0.717, 1.165) is 25.3 Å². The summed E-state index contributed by atoms with van der Waals surface area (Å²) >= 11 is 6.09. The van der Waals surface area contributed by atoms with Crippen LogP contribution in [-0.4, -0.2) is 23.5 Å². The number of piperidine rings is 1. The van der Waals surface area contributed by atoms with Gasteiger partial charge in [-0.2, -0.15) is 0 Å². The summed E-state index contributed by atoms with van der Waals surface area (Å²) in [6.07, 6.45) is 4.13. The molecule has 1 aromatic heterocycles. The Morgan fingerprint density at radius 3 is 3.08 bits per heavy atom. The summed E-state index contributed by atoms with van der Waals surface area (Å²) in [5.41, 5.74) is 0. The molecule has 1 unspecified atom stereocenters. The molecule has 0 spiro atoms. The molecule has 0 N–H and O–H groups in total. The average Bonchev–Trinajstić information content (AvgIpc) is 2.19. The molecular formula is C10H13ClN2. The number of hydrogen-bond donors (Lipinski definition) is 0. The summed E-state index contributed by atoms with van der Waals surface area (Å²) < 4.78 is 0. The van der Waals surface area contributed by atoms with Crippen molar-refractivity contribution in [1.82, 2.24) is 4.98 Å². The van der Waals surface area contributed by atoms with Crippen LogP contribution in [0.1, 0.15) is 12.8 Å². The van der Waals surface area contributed by atoms with Crippen molar-refractivity contribution < 1.29 is 0 Å². The average molecular weight is 197 g/mol. The van der Waals surface area contributed by atoms with E-state index >= 15 is 0 Å². The van der Waals surface area contributed by atoms with Gasteiger partial charge in [0.15, 0.2) is 0 Å². The van der Waals surface area contributed by atoms with Gasteiger partial charge in [0.05, 0.1) is 5.38 Å². The fourth-order valence-electron chi connectivity index (χ4n) is 1.67. The lowest BCUT2D eigenvalue weighted by molar-refractivity contribution is 0.580. The number of anilines is 1. The predicted molar refractivity (Wildman–Crippen MR) is 55.3 cm³/mol. The Hall–Kier alpha value is -0.760. The normalized spacial score (nSPS) is 23.2. The fraction of sp³-hybridized carbons (Fsp3) is 0.500. The maximum Gasteiger partial charge on any atom is 0.128 e. The van der Waals surface area contributed by atoms with Crippen LogP contribution in [0.5, 0.6) is 0 Å². The quantitative estimate of drug-likeness (QED) is 0.641. The molecule has 0 aromatic carbocycles. The first-order valence-corrected chi connectivity index (χ1v) is 5.10. The minimum absolute atomic E-state index is 0.288. The van der Waals surface area contributed by atoms with Gasteiger partial charge >= 0.3 is 0 Å². The van der Waals surface area contributed by atoms with E-state index in [1.165, 1.54) is 6.42 Å². The SMILES string of the molecule is ClC1CCCN(c2ccccn2)C1. The maximum absolute atomic E-state index is 6.09. The van der Waals surface area contributed by atoms with Crippen molar-refractivity contribution in [1.29, 1.82) is 0 Å². The molecule has 0 bridgehead atoms. The van der Waals surface area contributed by atoms with Gasteiger partial charge in [0.25, 0.3) is 0 Å². The van der Waals surface area contributed by atoms with Gasteiger partial charge in [-0.3, -0.25) is 0 Å². The van der Waals surface area contributed by atoms with E-state index in [4.69, 9.17) is 11.6 Å². The second-order valence-corrected chi connectivity index (χ2v) is 3.99. The molecule has 2 nitrogen and oxygen atoms in total. The minimum Gasteiger partial charge on any atom is -0.355 e. The van der Waals surface area contributed by atoms with Gasteiger partial charge < -0.3 is 4.90 Å². The summed E-state index contributed by atoms with van der Waals surface area (Å²) in [6, 6.07) is 5.99. The molecule has 13 heavy (non-hydrogen) atoms. The van der Waals surface area contributed by atoms with Crippen LogP contribution < -0.4 is 4.90 Å². The number of alkyl halides is 1. The second kappa shape index (κ2) is 3.97. The van der Waals surface area contributed by atoms with Crippen LogP contribution in [0.2, 0.25) is 0 Å². The highest BCUT2D eigenvalue weighted by atomic mass is 35.5. The minimum atomic E-state index is 0.288. The fourth-order valence-corrected chi connectivity index (χ4v) is 2.00. The van der Waals surface area contributed by atoms with Crippen LogP contribution in [0.3, 0.4) is 0 Å². The van der Waals surface area contributed by atoms with E-state index in [1.54, 1.807) is 0 Å². The zero-order valence-electron chi connectivity index (χ0n) is 7.49. The number of halogens is 1. The van der Waals surface area contributed by atoms with E-state index in [2.05, 4.69) is 9.88 Å². The molecule has 3 heteroatoms. The highest BCUT2D eigenvalue weighted by Crippen LogP contribution is 2.19. The highest BCUT2D eigenvalue weighted by molar-refractivity contribution is 6.21. The Balaban J connectivity index is 2.08. The van der Waals surface area contributed by atoms with Gasteiger partial charge in [-0.05, 0) is 25.0 Å². The van der Waals surface area contributed by atoms with Gasteiger partial charge in [0, 0.05) is 19.3 Å². The molecule has 1 atom stereocenters. The topological polar surface area (TPSA) is 16.1 Å². The highest BCUT2D eigenvalue weighted by Gasteiger charge is 2.18. The van der Waals surface area contributed by atoms with Gasteiger partial charge in [0.1, 0.15) is 5.82 Å². The van der Waals surface area contributed by atoms with E-state index in [9.17, 15) is 0 Å². The first kappa shape index (κ1) is 8.82. The molecule has 1 aromatic rings. The molecule has 0 aliphatic carbocycles. The third kappa shape index (κ3) is 2.13. The van der Waals surface area contributed by atoms with Crippen molar-refractivity contribution in [2.45, 2.75) is 18.2 Å². The van der Waals surface area contributed by atoms with E-state index < -0.39 is 0 Å². The Bertz CT molecular complexity index is 263. The van der Waals surface area contributed by atoms with Crippen LogP contribution in [0.15, 0.2) is 24.4 Å². The van der Waals surface area contributed by atoms with Crippen LogP contribution in [0.4, 0.5) is 5.82 Å². The molecule has 1 fully saturated rings. The molecule has 2 rings (SSSR count). The summed E-state index contributed by atoms with van der Waals surface area (Å²) in [5, 5.41) is 0.288. The predicted octanol–water partition coefficient (Wildman–Crippen LogP) is 2.29. The maximum atomic E-state index is 6.09. The second-order valence-electron chi connectivity index (χ2n) is 3.37. The van der Waals surface area contributed by atoms with Gasteiger partial charge in [-0.25, -0.2) is 4.98 Å². The van der Waals surface area contributed by atoms with Crippen molar-refractivity contribution in [3.63, 3.8) is 0 Å². The van der Waals surface area contributed by atoms with Crippen LogP contribution in [0, 0.1) is 0 Å². The Labute approximate surface area is 83.5 Å². The summed E-state index contributed by atoms with van der Waals surface area (Å²) in [7, 11) is 0. The van der Waals surface area contributed by atoms with E-state index in [0.29, 0.717) is 0 Å². The number of nitrogens with zero attached hydrogens (tertiary/aromatic N) is 2. The Kier molecular flexibility index (Phi) is 2.69. The lowest BCUT2D eigenvalue weighted by Crippen LogP contribution is -2.36. The van der Waals surface area contributed by atoms with Crippen molar-refractivity contribution in [2.24, 2.45) is 0 Å². The Morgan fingerprint density at radius 2 is 2.38 bits per heavy atom. The molecule has 1 aliphatic heterocycles. The molecule has 0 amide bonds. The third-order valence-corrected chi connectivity index (χ3v) is 2.69. The zero-order valence-corrected chi connectivity index (χ0v) is 8.24. The summed E-state index contributed by atoms with van der Waals surface area (Å²) in [5.74, 6) is 1.05. The number of aromatic nitrogens is 1. The van der Waals surface area contributed by atoms with Gasteiger partial charge in [0.2, 0.25) is 0 Å². The molecular weight excluding hydrogens is 184 g/mol. The number of rotatable bonds is 1. The molecule has 1 saturated heterocycles. The van der Waals surface area contributed by atoms with Crippen molar-refractivity contribution in [3.05, 3.63) is 24.4 Å². The van der Waals surface area contributed by atoms with Gasteiger partial charge in [-0.15, -0.1) is 11.6 Å². The van der Waals surface area contributed by atoms with Crippen molar-refractivity contribution in [2.75, 3.05) is 18.0 Å². The first-order valence-electron chi connectivity index (χ1n) is 4.66. The largest absolute Gasteiger partial charge is 0.355 e. The number of hydrogen-bond acceptors (Lipinski definition) is 2.